The molecule has 19 heavy (non-hydrogen) atoms. The highest BCUT2D eigenvalue weighted by Crippen LogP contribution is 2.29. The SMILES string of the molecule is COc1ccc(CNC(C)C)cc1OCC(F)(F)F. The number of methoxy groups -OCH3 is 1. The molecule has 1 aromatic carbocycles. The van der Waals surface area contributed by atoms with E-state index in [0.717, 1.165) is 5.56 Å². The summed E-state index contributed by atoms with van der Waals surface area (Å²) in [5.74, 6) is 0.389. The van der Waals surface area contributed by atoms with Crippen molar-refractivity contribution in [3.05, 3.63) is 23.8 Å². The van der Waals surface area contributed by atoms with Crippen LogP contribution in [0, 0.1) is 0 Å². The van der Waals surface area contributed by atoms with Crippen molar-refractivity contribution in [2.75, 3.05) is 13.7 Å². The summed E-state index contributed by atoms with van der Waals surface area (Å²) in [7, 11) is 1.39. The maximum atomic E-state index is 12.2. The van der Waals surface area contributed by atoms with Gasteiger partial charge in [0.1, 0.15) is 0 Å². The lowest BCUT2D eigenvalue weighted by Crippen LogP contribution is -2.22. The van der Waals surface area contributed by atoms with Crippen LogP contribution in [0.3, 0.4) is 0 Å². The molecule has 0 aliphatic heterocycles. The first-order chi connectivity index (χ1) is 8.81. The van der Waals surface area contributed by atoms with E-state index < -0.39 is 12.8 Å². The molecule has 0 bridgehead atoms. The quantitative estimate of drug-likeness (QED) is 0.866. The van der Waals surface area contributed by atoms with Gasteiger partial charge in [0.15, 0.2) is 18.1 Å². The summed E-state index contributed by atoms with van der Waals surface area (Å²) in [6.45, 7) is 3.21. The molecule has 0 saturated carbocycles. The Labute approximate surface area is 110 Å². The number of nitrogens with one attached hydrogen (secondary N) is 1. The summed E-state index contributed by atoms with van der Waals surface area (Å²) in [6.07, 6.45) is -4.36. The summed E-state index contributed by atoms with van der Waals surface area (Å²) in [5.41, 5.74) is 0.840. The summed E-state index contributed by atoms with van der Waals surface area (Å²) >= 11 is 0. The number of halogens is 3. The lowest BCUT2D eigenvalue weighted by atomic mass is 10.2. The number of hydrogen-bond acceptors (Lipinski definition) is 3. The van der Waals surface area contributed by atoms with Crippen LogP contribution >= 0.6 is 0 Å². The van der Waals surface area contributed by atoms with Gasteiger partial charge < -0.3 is 14.8 Å². The van der Waals surface area contributed by atoms with Crippen molar-refractivity contribution in [1.29, 1.82) is 0 Å². The first kappa shape index (κ1) is 15.6. The van der Waals surface area contributed by atoms with Gasteiger partial charge in [-0.25, -0.2) is 0 Å². The lowest BCUT2D eigenvalue weighted by Gasteiger charge is -2.14. The predicted molar refractivity (Wildman–Crippen MR) is 66.5 cm³/mol. The molecule has 0 amide bonds. The van der Waals surface area contributed by atoms with Gasteiger partial charge in [0.25, 0.3) is 0 Å². The largest absolute Gasteiger partial charge is 0.493 e. The molecule has 3 nitrogen and oxygen atoms in total. The zero-order chi connectivity index (χ0) is 14.5. The number of hydrogen-bond donors (Lipinski definition) is 1. The number of ether oxygens (including phenoxy) is 2. The summed E-state index contributed by atoms with van der Waals surface area (Å²) in [4.78, 5) is 0. The van der Waals surface area contributed by atoms with Crippen LogP contribution in [0.4, 0.5) is 13.2 Å². The predicted octanol–water partition coefficient (Wildman–Crippen LogP) is 3.13. The number of benzene rings is 1. The van der Waals surface area contributed by atoms with Crippen molar-refractivity contribution in [3.8, 4) is 11.5 Å². The minimum atomic E-state index is -4.36. The van der Waals surface area contributed by atoms with Gasteiger partial charge in [0.2, 0.25) is 0 Å². The van der Waals surface area contributed by atoms with Crippen molar-refractivity contribution in [3.63, 3.8) is 0 Å². The third kappa shape index (κ3) is 5.83. The van der Waals surface area contributed by atoms with Crippen LogP contribution in [-0.4, -0.2) is 25.9 Å². The minimum Gasteiger partial charge on any atom is -0.493 e. The Morgan fingerprint density at radius 2 is 1.89 bits per heavy atom. The Kier molecular flexibility index (Phi) is 5.47. The van der Waals surface area contributed by atoms with Crippen molar-refractivity contribution in [2.45, 2.75) is 32.6 Å². The topological polar surface area (TPSA) is 30.5 Å². The molecule has 0 fully saturated rings. The molecule has 0 heterocycles. The molecule has 1 rings (SSSR count). The molecule has 0 aliphatic carbocycles. The van der Waals surface area contributed by atoms with Gasteiger partial charge >= 0.3 is 6.18 Å². The molecule has 1 aromatic rings. The van der Waals surface area contributed by atoms with Crippen LogP contribution in [0.15, 0.2) is 18.2 Å². The van der Waals surface area contributed by atoms with Gasteiger partial charge in [-0.15, -0.1) is 0 Å². The third-order valence-electron chi connectivity index (χ3n) is 2.33. The van der Waals surface area contributed by atoms with Crippen molar-refractivity contribution in [2.24, 2.45) is 0 Å². The zero-order valence-corrected chi connectivity index (χ0v) is 11.2. The maximum Gasteiger partial charge on any atom is 0.422 e. The van der Waals surface area contributed by atoms with Crippen LogP contribution in [0.5, 0.6) is 11.5 Å². The molecule has 1 N–H and O–H groups in total. The highest BCUT2D eigenvalue weighted by molar-refractivity contribution is 5.43. The molecular weight excluding hydrogens is 259 g/mol. The van der Waals surface area contributed by atoms with Gasteiger partial charge in [-0.1, -0.05) is 19.9 Å². The smallest absolute Gasteiger partial charge is 0.422 e. The van der Waals surface area contributed by atoms with E-state index in [-0.39, 0.29) is 11.5 Å². The Morgan fingerprint density at radius 1 is 1.21 bits per heavy atom. The average Bonchev–Trinajstić information content (AvgIpc) is 2.33. The minimum absolute atomic E-state index is 0.0999. The van der Waals surface area contributed by atoms with Gasteiger partial charge in [-0.2, -0.15) is 13.2 Å². The van der Waals surface area contributed by atoms with E-state index in [2.05, 4.69) is 5.32 Å². The van der Waals surface area contributed by atoms with Crippen LogP contribution < -0.4 is 14.8 Å². The first-order valence-corrected chi connectivity index (χ1v) is 5.91. The second kappa shape index (κ2) is 6.65. The van der Waals surface area contributed by atoms with Crippen LogP contribution in [-0.2, 0) is 6.54 Å². The van der Waals surface area contributed by atoms with Crippen molar-refractivity contribution < 1.29 is 22.6 Å². The average molecular weight is 277 g/mol. The van der Waals surface area contributed by atoms with E-state index in [1.165, 1.54) is 7.11 Å². The Hall–Kier alpha value is -1.43. The maximum absolute atomic E-state index is 12.2. The number of alkyl halides is 3. The normalized spacial score (nSPS) is 11.7. The fraction of sp³-hybridized carbons (Fsp3) is 0.538. The van der Waals surface area contributed by atoms with Crippen LogP contribution in [0.25, 0.3) is 0 Å². The standard InChI is InChI=1S/C13H18F3NO2/c1-9(2)17-7-10-4-5-11(18-3)12(6-10)19-8-13(14,15)16/h4-6,9,17H,7-8H2,1-3H3. The van der Waals surface area contributed by atoms with Crippen LogP contribution in [0.1, 0.15) is 19.4 Å². The monoisotopic (exact) mass is 277 g/mol. The van der Waals surface area contributed by atoms with Gasteiger partial charge in [0, 0.05) is 12.6 Å². The van der Waals surface area contributed by atoms with Crippen molar-refractivity contribution in [1.82, 2.24) is 5.32 Å². The Bertz CT molecular complexity index is 405. The van der Waals surface area contributed by atoms with E-state index in [9.17, 15) is 13.2 Å². The van der Waals surface area contributed by atoms with Crippen molar-refractivity contribution >= 4 is 0 Å². The van der Waals surface area contributed by atoms with Gasteiger partial charge in [-0.3, -0.25) is 0 Å². The van der Waals surface area contributed by atoms with E-state index in [0.29, 0.717) is 12.6 Å². The molecule has 108 valence electrons. The second-order valence-corrected chi connectivity index (χ2v) is 4.42. The summed E-state index contributed by atoms with van der Waals surface area (Å²) < 4.78 is 46.2. The highest BCUT2D eigenvalue weighted by atomic mass is 19.4. The summed E-state index contributed by atoms with van der Waals surface area (Å²) in [6, 6.07) is 5.24. The first-order valence-electron chi connectivity index (χ1n) is 5.91. The molecule has 0 aliphatic rings. The van der Waals surface area contributed by atoms with Gasteiger partial charge in [-0.05, 0) is 17.7 Å². The molecule has 0 unspecified atom stereocenters. The third-order valence-corrected chi connectivity index (χ3v) is 2.33. The van der Waals surface area contributed by atoms with Crippen LogP contribution in [0.2, 0.25) is 0 Å². The zero-order valence-electron chi connectivity index (χ0n) is 11.2. The molecule has 0 spiro atoms. The molecular formula is C13H18F3NO2. The fourth-order valence-electron chi connectivity index (χ4n) is 1.43. The summed E-state index contributed by atoms with van der Waals surface area (Å²) in [5, 5.41) is 3.18. The molecule has 0 aromatic heterocycles. The molecule has 6 heteroatoms. The highest BCUT2D eigenvalue weighted by Gasteiger charge is 2.29. The fourth-order valence-corrected chi connectivity index (χ4v) is 1.43. The van der Waals surface area contributed by atoms with E-state index in [4.69, 9.17) is 9.47 Å². The molecule has 0 atom stereocenters. The van der Waals surface area contributed by atoms with E-state index in [1.54, 1.807) is 18.2 Å². The second-order valence-electron chi connectivity index (χ2n) is 4.42. The Morgan fingerprint density at radius 3 is 2.42 bits per heavy atom. The Balaban J connectivity index is 2.78. The van der Waals surface area contributed by atoms with E-state index in [1.807, 2.05) is 13.8 Å². The lowest BCUT2D eigenvalue weighted by molar-refractivity contribution is -0.153. The molecule has 0 saturated heterocycles. The van der Waals surface area contributed by atoms with Gasteiger partial charge in [0.05, 0.1) is 7.11 Å². The molecule has 0 radical (unpaired) electrons. The van der Waals surface area contributed by atoms with E-state index >= 15 is 0 Å². The number of rotatable bonds is 6.